The van der Waals surface area contributed by atoms with E-state index in [-0.39, 0.29) is 12.1 Å². The van der Waals surface area contributed by atoms with E-state index in [0.717, 1.165) is 38.8 Å². The number of hydrogen-bond donors (Lipinski definition) is 2. The van der Waals surface area contributed by atoms with E-state index in [2.05, 4.69) is 33.6 Å². The predicted molar refractivity (Wildman–Crippen MR) is 139 cm³/mol. The van der Waals surface area contributed by atoms with Crippen molar-refractivity contribution in [2.45, 2.75) is 31.7 Å². The highest BCUT2D eigenvalue weighted by Crippen LogP contribution is 2.35. The zero-order chi connectivity index (χ0) is 25.1. The summed E-state index contributed by atoms with van der Waals surface area (Å²) < 4.78 is 12.2. The summed E-state index contributed by atoms with van der Waals surface area (Å²) in [5.74, 6) is 2.06. The number of carbonyl (C=O) groups excluding carboxylic acids is 1. The van der Waals surface area contributed by atoms with Gasteiger partial charge in [0, 0.05) is 29.8 Å². The Kier molecular flexibility index (Phi) is 7.12. The van der Waals surface area contributed by atoms with Crippen LogP contribution in [0.2, 0.25) is 5.02 Å². The number of nitrogens with zero attached hydrogens (tertiary/aromatic N) is 3. The molecule has 2 amide bonds. The van der Waals surface area contributed by atoms with Crippen molar-refractivity contribution >= 4 is 34.2 Å². The summed E-state index contributed by atoms with van der Waals surface area (Å²) in [4.78, 5) is 18.8. The van der Waals surface area contributed by atoms with Crippen molar-refractivity contribution < 1.29 is 14.3 Å². The summed E-state index contributed by atoms with van der Waals surface area (Å²) in [5, 5.41) is 16.5. The molecule has 186 valence electrons. The van der Waals surface area contributed by atoms with Crippen molar-refractivity contribution in [3.8, 4) is 23.3 Å². The number of anilines is 1. The van der Waals surface area contributed by atoms with Gasteiger partial charge in [-0.15, -0.1) is 0 Å². The molecule has 2 fully saturated rings. The van der Waals surface area contributed by atoms with E-state index in [0.29, 0.717) is 56.9 Å². The number of ether oxygens (including phenoxy) is 2. The van der Waals surface area contributed by atoms with Crippen molar-refractivity contribution in [3.05, 3.63) is 53.2 Å². The number of rotatable bonds is 7. The predicted octanol–water partition coefficient (Wildman–Crippen LogP) is 5.56. The Morgan fingerprint density at radius 3 is 2.69 bits per heavy atom. The van der Waals surface area contributed by atoms with Gasteiger partial charge in [-0.25, -0.2) is 4.79 Å². The summed E-state index contributed by atoms with van der Waals surface area (Å²) in [6, 6.07) is 12.6. The molecule has 5 rings (SSSR count). The Bertz CT molecular complexity index is 1310. The summed E-state index contributed by atoms with van der Waals surface area (Å²) in [7, 11) is 2.13. The Morgan fingerprint density at radius 2 is 1.97 bits per heavy atom. The van der Waals surface area contributed by atoms with Crippen LogP contribution in [0.25, 0.3) is 10.9 Å². The Morgan fingerprint density at radius 1 is 1.17 bits per heavy atom. The first kappa shape index (κ1) is 24.2. The van der Waals surface area contributed by atoms with Gasteiger partial charge in [0.2, 0.25) is 0 Å². The smallest absolute Gasteiger partial charge is 0.319 e. The maximum atomic E-state index is 12.0. The van der Waals surface area contributed by atoms with Gasteiger partial charge >= 0.3 is 6.03 Å². The monoisotopic (exact) mass is 505 g/mol. The number of amides is 2. The van der Waals surface area contributed by atoms with Crippen molar-refractivity contribution in [1.82, 2.24) is 15.2 Å². The van der Waals surface area contributed by atoms with Crippen molar-refractivity contribution in [3.63, 3.8) is 0 Å². The molecule has 2 N–H and O–H groups in total. The molecule has 2 aliphatic rings. The molecule has 0 radical (unpaired) electrons. The van der Waals surface area contributed by atoms with Gasteiger partial charge < -0.3 is 25.0 Å². The number of carbonyl (C=O) groups is 1. The molecule has 1 aliphatic carbocycles. The van der Waals surface area contributed by atoms with Gasteiger partial charge in [-0.05, 0) is 76.0 Å². The minimum Gasteiger partial charge on any atom is -0.492 e. The van der Waals surface area contributed by atoms with Gasteiger partial charge in [-0.3, -0.25) is 4.98 Å². The van der Waals surface area contributed by atoms with Crippen LogP contribution in [-0.4, -0.2) is 48.7 Å². The van der Waals surface area contributed by atoms with Crippen LogP contribution in [0.4, 0.5) is 10.5 Å². The third kappa shape index (κ3) is 5.81. The first-order valence-electron chi connectivity index (χ1n) is 12.2. The number of fused-ring (bicyclic) bond motifs is 1. The highest BCUT2D eigenvalue weighted by Gasteiger charge is 2.23. The zero-order valence-electron chi connectivity index (χ0n) is 20.1. The summed E-state index contributed by atoms with van der Waals surface area (Å²) in [6.07, 6.45) is 5.85. The van der Waals surface area contributed by atoms with E-state index in [4.69, 9.17) is 21.1 Å². The lowest BCUT2D eigenvalue weighted by atomic mass is 9.98. The lowest BCUT2D eigenvalue weighted by molar-refractivity contribution is 0.160. The van der Waals surface area contributed by atoms with Crippen molar-refractivity contribution in [2.75, 3.05) is 32.1 Å². The van der Waals surface area contributed by atoms with Crippen LogP contribution in [0, 0.1) is 17.2 Å². The molecule has 1 aromatic heterocycles. The molecule has 2 heterocycles. The SMILES string of the molecule is CN1CCC(COc2cc3nccc(Oc4ccc(NC(=O)NC5CC5)c(Cl)c4)c3cc2C#N)CC1. The normalized spacial score (nSPS) is 16.4. The highest BCUT2D eigenvalue weighted by molar-refractivity contribution is 6.33. The standard InChI is InChI=1S/C27H28ClN5O3/c1-33-10-7-17(8-11-33)16-35-26-14-24-21(12-18(26)15-29)25(6-9-30-24)36-20-4-5-23(22(28)13-20)32-27(34)31-19-2-3-19/h4-6,9,12-14,17,19H,2-3,7-8,10-11,16H2,1H3,(H2,31,32,34). The minimum atomic E-state index is -0.272. The maximum Gasteiger partial charge on any atom is 0.319 e. The molecule has 0 spiro atoms. The molecule has 1 saturated heterocycles. The second-order valence-corrected chi connectivity index (χ2v) is 9.87. The van der Waals surface area contributed by atoms with E-state index < -0.39 is 0 Å². The van der Waals surface area contributed by atoms with Crippen LogP contribution < -0.4 is 20.1 Å². The summed E-state index contributed by atoms with van der Waals surface area (Å²) in [6.45, 7) is 2.71. The largest absolute Gasteiger partial charge is 0.492 e. The second kappa shape index (κ2) is 10.6. The summed E-state index contributed by atoms with van der Waals surface area (Å²) in [5.41, 5.74) is 1.61. The quantitative estimate of drug-likeness (QED) is 0.436. The Hall–Kier alpha value is -3.54. The third-order valence-corrected chi connectivity index (χ3v) is 6.88. The first-order chi connectivity index (χ1) is 17.5. The van der Waals surface area contributed by atoms with Gasteiger partial charge in [0.15, 0.2) is 0 Å². The molecule has 3 aromatic rings. The van der Waals surface area contributed by atoms with Crippen LogP contribution in [-0.2, 0) is 0 Å². The Labute approximate surface area is 215 Å². The average molecular weight is 506 g/mol. The van der Waals surface area contributed by atoms with Gasteiger partial charge in [-0.1, -0.05) is 11.6 Å². The van der Waals surface area contributed by atoms with E-state index in [1.807, 2.05) is 0 Å². The number of piperidine rings is 1. The minimum absolute atomic E-state index is 0.254. The van der Waals surface area contributed by atoms with Crippen molar-refractivity contribution in [2.24, 2.45) is 5.92 Å². The number of likely N-dealkylation sites (tertiary alicyclic amines) is 1. The van der Waals surface area contributed by atoms with Crippen LogP contribution >= 0.6 is 11.6 Å². The molecular formula is C27H28ClN5O3. The number of hydrogen-bond acceptors (Lipinski definition) is 6. The van der Waals surface area contributed by atoms with E-state index >= 15 is 0 Å². The number of aromatic nitrogens is 1. The van der Waals surface area contributed by atoms with Crippen molar-refractivity contribution in [1.29, 1.82) is 5.26 Å². The Balaban J connectivity index is 1.31. The number of pyridine rings is 1. The average Bonchev–Trinajstić information content (AvgIpc) is 3.69. The van der Waals surface area contributed by atoms with Crippen LogP contribution in [0.5, 0.6) is 17.2 Å². The number of halogens is 1. The molecule has 2 aromatic carbocycles. The number of benzene rings is 2. The lowest BCUT2D eigenvalue weighted by Crippen LogP contribution is -2.32. The van der Waals surface area contributed by atoms with Crippen LogP contribution in [0.15, 0.2) is 42.6 Å². The molecule has 36 heavy (non-hydrogen) atoms. The fraction of sp³-hybridized carbons (Fsp3) is 0.370. The second-order valence-electron chi connectivity index (χ2n) is 9.46. The number of urea groups is 1. The van der Waals surface area contributed by atoms with Gasteiger partial charge in [0.25, 0.3) is 0 Å². The van der Waals surface area contributed by atoms with E-state index in [9.17, 15) is 10.1 Å². The van der Waals surface area contributed by atoms with E-state index in [1.165, 1.54) is 0 Å². The topological polar surface area (TPSA) is 99.5 Å². The molecule has 0 atom stereocenters. The number of nitrogens with one attached hydrogen (secondary N) is 2. The maximum absolute atomic E-state index is 12.0. The fourth-order valence-electron chi connectivity index (χ4n) is 4.24. The highest BCUT2D eigenvalue weighted by atomic mass is 35.5. The molecular weight excluding hydrogens is 478 g/mol. The molecule has 0 bridgehead atoms. The third-order valence-electron chi connectivity index (χ3n) is 6.57. The van der Waals surface area contributed by atoms with Crippen LogP contribution in [0.3, 0.4) is 0 Å². The first-order valence-corrected chi connectivity index (χ1v) is 12.6. The lowest BCUT2D eigenvalue weighted by Gasteiger charge is -2.28. The van der Waals surface area contributed by atoms with Gasteiger partial charge in [0.05, 0.1) is 28.4 Å². The fourth-order valence-corrected chi connectivity index (χ4v) is 4.46. The summed E-state index contributed by atoms with van der Waals surface area (Å²) >= 11 is 6.39. The number of nitriles is 1. The molecule has 1 saturated carbocycles. The molecule has 9 heteroatoms. The van der Waals surface area contributed by atoms with Gasteiger partial charge in [0.1, 0.15) is 23.3 Å². The molecule has 1 aliphatic heterocycles. The molecule has 8 nitrogen and oxygen atoms in total. The molecule has 0 unspecified atom stereocenters. The van der Waals surface area contributed by atoms with Crippen LogP contribution in [0.1, 0.15) is 31.2 Å². The van der Waals surface area contributed by atoms with Gasteiger partial charge in [-0.2, -0.15) is 5.26 Å². The van der Waals surface area contributed by atoms with E-state index in [1.54, 1.807) is 42.6 Å². The zero-order valence-corrected chi connectivity index (χ0v) is 20.8.